The number of likely N-dealkylation sites (tertiary alicyclic amines) is 1. The second-order valence-corrected chi connectivity index (χ2v) is 6.16. The molecule has 2 N–H and O–H groups in total. The van der Waals surface area contributed by atoms with Gasteiger partial charge in [0.05, 0.1) is 0 Å². The monoisotopic (exact) mass is 260 g/mol. The fourth-order valence-corrected chi connectivity index (χ4v) is 3.10. The molecule has 2 atom stereocenters. The maximum atomic E-state index is 5.91. The Kier molecular flexibility index (Phi) is 5.41. The Hall–Kier alpha value is -0.860. The van der Waals surface area contributed by atoms with Crippen LogP contribution in [0, 0.1) is 6.92 Å². The van der Waals surface area contributed by atoms with Crippen LogP contribution in [0.25, 0.3) is 0 Å². The van der Waals surface area contributed by atoms with E-state index in [4.69, 9.17) is 5.73 Å². The molecule has 1 aliphatic heterocycles. The Labute approximate surface area is 118 Å². The van der Waals surface area contributed by atoms with Gasteiger partial charge in [0.2, 0.25) is 0 Å². The van der Waals surface area contributed by atoms with Crippen molar-refractivity contribution >= 4 is 0 Å². The lowest BCUT2D eigenvalue weighted by Crippen LogP contribution is -2.39. The molecule has 1 heterocycles. The third kappa shape index (κ3) is 4.63. The summed E-state index contributed by atoms with van der Waals surface area (Å²) in [5.41, 5.74) is 8.72. The molecule has 1 fully saturated rings. The predicted octanol–water partition coefficient (Wildman–Crippen LogP) is 3.48. The van der Waals surface area contributed by atoms with E-state index in [0.717, 1.165) is 19.0 Å². The fraction of sp³-hybridized carbons (Fsp3) is 0.647. The summed E-state index contributed by atoms with van der Waals surface area (Å²) in [5.74, 6) is 0. The summed E-state index contributed by atoms with van der Waals surface area (Å²) >= 11 is 0. The average molecular weight is 260 g/mol. The number of rotatable bonds is 5. The van der Waals surface area contributed by atoms with Gasteiger partial charge in [0, 0.05) is 18.6 Å². The van der Waals surface area contributed by atoms with Gasteiger partial charge < -0.3 is 5.73 Å². The van der Waals surface area contributed by atoms with Crippen molar-refractivity contribution < 1.29 is 0 Å². The van der Waals surface area contributed by atoms with Gasteiger partial charge in [0.1, 0.15) is 0 Å². The smallest absolute Gasteiger partial charge is 0.0236 e. The van der Waals surface area contributed by atoms with Gasteiger partial charge in [-0.15, -0.1) is 0 Å². The third-order valence-corrected chi connectivity index (χ3v) is 4.17. The fourth-order valence-electron chi connectivity index (χ4n) is 3.10. The van der Waals surface area contributed by atoms with Crippen LogP contribution >= 0.6 is 0 Å². The minimum atomic E-state index is 0.336. The van der Waals surface area contributed by atoms with Gasteiger partial charge in [0.15, 0.2) is 0 Å². The van der Waals surface area contributed by atoms with Crippen LogP contribution in [0.4, 0.5) is 0 Å². The number of hydrogen-bond acceptors (Lipinski definition) is 2. The third-order valence-electron chi connectivity index (χ3n) is 4.17. The Balaban J connectivity index is 1.95. The Morgan fingerprint density at radius 2 is 2.21 bits per heavy atom. The quantitative estimate of drug-likeness (QED) is 0.878. The van der Waals surface area contributed by atoms with Gasteiger partial charge >= 0.3 is 0 Å². The number of nitrogens with two attached hydrogens (primary N) is 1. The number of hydrogen-bond donors (Lipinski definition) is 1. The van der Waals surface area contributed by atoms with Crippen molar-refractivity contribution in [1.82, 2.24) is 4.90 Å². The molecule has 0 saturated carbocycles. The topological polar surface area (TPSA) is 29.3 Å². The highest BCUT2D eigenvalue weighted by atomic mass is 15.2. The Bertz CT molecular complexity index is 387. The molecule has 0 spiro atoms. The zero-order valence-electron chi connectivity index (χ0n) is 12.4. The molecule has 1 aromatic carbocycles. The second-order valence-electron chi connectivity index (χ2n) is 6.16. The van der Waals surface area contributed by atoms with Crippen LogP contribution < -0.4 is 5.73 Å². The number of piperidine rings is 1. The van der Waals surface area contributed by atoms with E-state index in [-0.39, 0.29) is 0 Å². The molecule has 2 rings (SSSR count). The number of benzene rings is 1. The first-order chi connectivity index (χ1) is 9.15. The van der Waals surface area contributed by atoms with Crippen molar-refractivity contribution in [2.24, 2.45) is 5.73 Å². The highest BCUT2D eigenvalue weighted by Crippen LogP contribution is 2.23. The molecule has 0 radical (unpaired) electrons. The van der Waals surface area contributed by atoms with Crippen molar-refractivity contribution in [3.63, 3.8) is 0 Å². The van der Waals surface area contributed by atoms with Crippen molar-refractivity contribution in [3.8, 4) is 0 Å². The van der Waals surface area contributed by atoms with E-state index in [1.165, 1.54) is 43.4 Å². The molecule has 0 aliphatic carbocycles. The van der Waals surface area contributed by atoms with Crippen LogP contribution in [0.1, 0.15) is 50.2 Å². The zero-order valence-corrected chi connectivity index (χ0v) is 12.4. The lowest BCUT2D eigenvalue weighted by atomic mass is 9.95. The molecule has 0 bridgehead atoms. The molecule has 0 amide bonds. The minimum Gasteiger partial charge on any atom is -0.328 e. The first-order valence-corrected chi connectivity index (χ1v) is 7.70. The molecule has 2 nitrogen and oxygen atoms in total. The number of aryl methyl sites for hydroxylation is 1. The second kappa shape index (κ2) is 7.06. The molecule has 1 aromatic rings. The van der Waals surface area contributed by atoms with E-state index in [9.17, 15) is 0 Å². The molecule has 106 valence electrons. The van der Waals surface area contributed by atoms with Crippen LogP contribution in [0.5, 0.6) is 0 Å². The van der Waals surface area contributed by atoms with Crippen molar-refractivity contribution in [2.45, 2.75) is 64.6 Å². The summed E-state index contributed by atoms with van der Waals surface area (Å²) in [5, 5.41) is 0. The lowest BCUT2D eigenvalue weighted by molar-refractivity contribution is 0.129. The lowest BCUT2D eigenvalue weighted by Gasteiger charge is -2.36. The van der Waals surface area contributed by atoms with Crippen molar-refractivity contribution in [1.29, 1.82) is 0 Å². The number of nitrogens with zero attached hydrogens (tertiary/aromatic N) is 1. The van der Waals surface area contributed by atoms with E-state index in [2.05, 4.69) is 43.0 Å². The molecule has 0 aromatic heterocycles. The maximum absolute atomic E-state index is 5.91. The summed E-state index contributed by atoms with van der Waals surface area (Å²) in [6.45, 7) is 6.64. The van der Waals surface area contributed by atoms with Crippen LogP contribution in [0.2, 0.25) is 0 Å². The Morgan fingerprint density at radius 1 is 1.37 bits per heavy atom. The Morgan fingerprint density at radius 3 is 2.95 bits per heavy atom. The van der Waals surface area contributed by atoms with Gasteiger partial charge in [-0.2, -0.15) is 0 Å². The van der Waals surface area contributed by atoms with E-state index >= 15 is 0 Å². The summed E-state index contributed by atoms with van der Waals surface area (Å²) in [6, 6.07) is 9.99. The van der Waals surface area contributed by atoms with Gasteiger partial charge in [-0.25, -0.2) is 0 Å². The largest absolute Gasteiger partial charge is 0.328 e. The zero-order chi connectivity index (χ0) is 13.7. The van der Waals surface area contributed by atoms with E-state index in [1.54, 1.807) is 0 Å². The maximum Gasteiger partial charge on any atom is 0.0236 e. The molecular formula is C17H28N2. The normalized spacial score (nSPS) is 22.4. The first kappa shape index (κ1) is 14.5. The molecular weight excluding hydrogens is 232 g/mol. The first-order valence-electron chi connectivity index (χ1n) is 7.70. The SMILES string of the molecule is Cc1cccc(CN2CCCCC2CCC(C)N)c1. The van der Waals surface area contributed by atoms with Crippen LogP contribution in [-0.4, -0.2) is 23.5 Å². The van der Waals surface area contributed by atoms with E-state index in [1.807, 2.05) is 0 Å². The highest BCUT2D eigenvalue weighted by molar-refractivity contribution is 5.22. The summed E-state index contributed by atoms with van der Waals surface area (Å²) < 4.78 is 0. The molecule has 2 heteroatoms. The average Bonchev–Trinajstić information content (AvgIpc) is 2.38. The van der Waals surface area contributed by atoms with Crippen LogP contribution in [0.15, 0.2) is 24.3 Å². The standard InChI is InChI=1S/C17H28N2/c1-14-6-5-7-16(12-14)13-19-11-4-3-8-17(19)10-9-15(2)18/h5-7,12,15,17H,3-4,8-11,13,18H2,1-2H3. The van der Waals surface area contributed by atoms with Crippen LogP contribution in [-0.2, 0) is 6.54 Å². The minimum absolute atomic E-state index is 0.336. The van der Waals surface area contributed by atoms with E-state index in [0.29, 0.717) is 6.04 Å². The molecule has 19 heavy (non-hydrogen) atoms. The van der Waals surface area contributed by atoms with Crippen molar-refractivity contribution in [3.05, 3.63) is 35.4 Å². The molecule has 1 saturated heterocycles. The molecule has 2 unspecified atom stereocenters. The van der Waals surface area contributed by atoms with Gasteiger partial charge in [-0.3, -0.25) is 4.90 Å². The molecule has 1 aliphatic rings. The highest BCUT2D eigenvalue weighted by Gasteiger charge is 2.22. The predicted molar refractivity (Wildman–Crippen MR) is 82.1 cm³/mol. The van der Waals surface area contributed by atoms with Crippen LogP contribution in [0.3, 0.4) is 0 Å². The van der Waals surface area contributed by atoms with Gasteiger partial charge in [-0.05, 0) is 51.6 Å². The van der Waals surface area contributed by atoms with Crippen molar-refractivity contribution in [2.75, 3.05) is 6.54 Å². The van der Waals surface area contributed by atoms with Gasteiger partial charge in [-0.1, -0.05) is 36.2 Å². The summed E-state index contributed by atoms with van der Waals surface area (Å²) in [6.07, 6.45) is 6.48. The summed E-state index contributed by atoms with van der Waals surface area (Å²) in [4.78, 5) is 2.67. The van der Waals surface area contributed by atoms with Gasteiger partial charge in [0.25, 0.3) is 0 Å². The van der Waals surface area contributed by atoms with E-state index < -0.39 is 0 Å². The summed E-state index contributed by atoms with van der Waals surface area (Å²) in [7, 11) is 0.